The molecule has 0 bridgehead atoms. The lowest BCUT2D eigenvalue weighted by atomic mass is 10.1. The van der Waals surface area contributed by atoms with Gasteiger partial charge in [-0.2, -0.15) is 4.98 Å². The van der Waals surface area contributed by atoms with Gasteiger partial charge in [0.1, 0.15) is 5.75 Å². The number of halogens is 1. The molecule has 0 spiro atoms. The molecule has 0 N–H and O–H groups in total. The molecule has 1 aromatic carbocycles. The van der Waals surface area contributed by atoms with Crippen molar-refractivity contribution in [1.29, 1.82) is 0 Å². The molecule has 0 atom stereocenters. The number of hydrogen-bond donors (Lipinski definition) is 0. The molecular formula is C16H15ClN4O4. The second-order valence-electron chi connectivity index (χ2n) is 5.50. The Morgan fingerprint density at radius 1 is 1.24 bits per heavy atom. The lowest BCUT2D eigenvalue weighted by Crippen LogP contribution is -2.37. The Kier molecular flexibility index (Phi) is 4.22. The van der Waals surface area contributed by atoms with Gasteiger partial charge in [-0.15, -0.1) is 0 Å². The van der Waals surface area contributed by atoms with E-state index in [9.17, 15) is 14.4 Å². The van der Waals surface area contributed by atoms with Crippen molar-refractivity contribution in [2.75, 3.05) is 7.11 Å². The van der Waals surface area contributed by atoms with Gasteiger partial charge in [0, 0.05) is 19.7 Å². The molecule has 0 amide bonds. The standard InChI is InChI=1S/C16H15ClN4O4/c1-19-13-12(14(23)20(2)16(19)24)21(15(17)18-13)8-11(22)9-5-4-6-10(7-9)25-3/h4-7H,8H2,1-3H3. The molecule has 0 aliphatic heterocycles. The van der Waals surface area contributed by atoms with E-state index in [1.54, 1.807) is 24.3 Å². The number of hydrogen-bond acceptors (Lipinski definition) is 5. The Bertz CT molecular complexity index is 1110. The number of methoxy groups -OCH3 is 1. The second kappa shape index (κ2) is 6.21. The molecule has 0 saturated carbocycles. The maximum atomic E-state index is 12.6. The van der Waals surface area contributed by atoms with E-state index in [4.69, 9.17) is 16.3 Å². The summed E-state index contributed by atoms with van der Waals surface area (Å²) in [5.74, 6) is 0.279. The second-order valence-corrected chi connectivity index (χ2v) is 5.84. The largest absolute Gasteiger partial charge is 0.497 e. The van der Waals surface area contributed by atoms with E-state index in [0.717, 1.165) is 4.57 Å². The number of benzene rings is 1. The number of rotatable bonds is 4. The summed E-state index contributed by atoms with van der Waals surface area (Å²) in [6.07, 6.45) is 0. The van der Waals surface area contributed by atoms with E-state index in [0.29, 0.717) is 11.3 Å². The highest BCUT2D eigenvalue weighted by molar-refractivity contribution is 6.29. The minimum atomic E-state index is -0.559. The lowest BCUT2D eigenvalue weighted by Gasteiger charge is -2.08. The molecule has 0 unspecified atom stereocenters. The molecule has 3 aromatic rings. The highest BCUT2D eigenvalue weighted by Crippen LogP contribution is 2.18. The zero-order valence-electron chi connectivity index (χ0n) is 13.8. The molecule has 0 radical (unpaired) electrons. The third-order valence-corrected chi connectivity index (χ3v) is 4.28. The zero-order valence-corrected chi connectivity index (χ0v) is 14.6. The van der Waals surface area contributed by atoms with Crippen LogP contribution in [0.2, 0.25) is 5.28 Å². The number of nitrogens with zero attached hydrogens (tertiary/aromatic N) is 4. The third-order valence-electron chi connectivity index (χ3n) is 3.99. The van der Waals surface area contributed by atoms with Crippen molar-refractivity contribution in [3.63, 3.8) is 0 Å². The Morgan fingerprint density at radius 3 is 2.64 bits per heavy atom. The highest BCUT2D eigenvalue weighted by atomic mass is 35.5. The number of carbonyl (C=O) groups is 1. The van der Waals surface area contributed by atoms with Crippen molar-refractivity contribution in [1.82, 2.24) is 18.7 Å². The van der Waals surface area contributed by atoms with Crippen molar-refractivity contribution in [3.05, 3.63) is 56.0 Å². The summed E-state index contributed by atoms with van der Waals surface area (Å²) in [6, 6.07) is 6.67. The summed E-state index contributed by atoms with van der Waals surface area (Å²) in [4.78, 5) is 41.1. The molecule has 3 rings (SSSR count). The van der Waals surface area contributed by atoms with Crippen LogP contribution in [0.25, 0.3) is 11.2 Å². The van der Waals surface area contributed by atoms with E-state index in [-0.39, 0.29) is 28.8 Å². The van der Waals surface area contributed by atoms with E-state index in [1.807, 2.05) is 0 Å². The van der Waals surface area contributed by atoms with Crippen LogP contribution in [0.4, 0.5) is 0 Å². The summed E-state index contributed by atoms with van der Waals surface area (Å²) in [5.41, 5.74) is -0.421. The Hall–Kier alpha value is -2.87. The minimum absolute atomic E-state index is 0.0375. The van der Waals surface area contributed by atoms with E-state index in [2.05, 4.69) is 4.98 Å². The van der Waals surface area contributed by atoms with Crippen LogP contribution < -0.4 is 16.0 Å². The van der Waals surface area contributed by atoms with Crippen molar-refractivity contribution < 1.29 is 9.53 Å². The molecule has 2 aromatic heterocycles. The zero-order chi connectivity index (χ0) is 18.3. The number of carbonyl (C=O) groups excluding carboxylic acids is 1. The molecule has 25 heavy (non-hydrogen) atoms. The van der Waals surface area contributed by atoms with Gasteiger partial charge in [-0.25, -0.2) is 4.79 Å². The summed E-state index contributed by atoms with van der Waals surface area (Å²) >= 11 is 6.12. The molecule has 9 heteroatoms. The number of fused-ring (bicyclic) bond motifs is 1. The Balaban J connectivity index is 2.13. The van der Waals surface area contributed by atoms with Gasteiger partial charge < -0.3 is 9.30 Å². The average molecular weight is 363 g/mol. The highest BCUT2D eigenvalue weighted by Gasteiger charge is 2.20. The van der Waals surface area contributed by atoms with Gasteiger partial charge in [0.05, 0.1) is 13.7 Å². The van der Waals surface area contributed by atoms with Crippen molar-refractivity contribution >= 4 is 28.5 Å². The average Bonchev–Trinajstić information content (AvgIpc) is 2.94. The van der Waals surface area contributed by atoms with Crippen LogP contribution in [-0.2, 0) is 20.6 Å². The summed E-state index contributed by atoms with van der Waals surface area (Å²) < 4.78 is 8.58. The van der Waals surface area contributed by atoms with Gasteiger partial charge >= 0.3 is 5.69 Å². The number of aryl methyl sites for hydroxylation is 1. The Morgan fingerprint density at radius 2 is 1.96 bits per heavy atom. The normalized spacial score (nSPS) is 11.0. The van der Waals surface area contributed by atoms with Gasteiger partial charge in [-0.05, 0) is 23.7 Å². The smallest absolute Gasteiger partial charge is 0.332 e. The first-order chi connectivity index (χ1) is 11.8. The van der Waals surface area contributed by atoms with Crippen LogP contribution in [0.1, 0.15) is 10.4 Å². The lowest BCUT2D eigenvalue weighted by molar-refractivity contribution is 0.0973. The molecule has 0 aliphatic carbocycles. The van der Waals surface area contributed by atoms with Crippen molar-refractivity contribution in [2.45, 2.75) is 6.54 Å². The predicted molar refractivity (Wildman–Crippen MR) is 92.5 cm³/mol. The Labute approximate surface area is 146 Å². The fourth-order valence-corrected chi connectivity index (χ4v) is 2.82. The minimum Gasteiger partial charge on any atom is -0.497 e. The molecule has 2 heterocycles. The monoisotopic (exact) mass is 362 g/mol. The van der Waals surface area contributed by atoms with Crippen LogP contribution in [0.5, 0.6) is 5.75 Å². The molecule has 8 nitrogen and oxygen atoms in total. The molecule has 0 fully saturated rings. The van der Waals surface area contributed by atoms with E-state index in [1.165, 1.54) is 30.3 Å². The van der Waals surface area contributed by atoms with Gasteiger partial charge in [-0.3, -0.25) is 18.7 Å². The predicted octanol–water partition coefficient (Wildman–Crippen LogP) is 0.979. The van der Waals surface area contributed by atoms with Gasteiger partial charge in [0.15, 0.2) is 16.9 Å². The summed E-state index contributed by atoms with van der Waals surface area (Å²) in [5, 5.41) is -0.0375. The quantitative estimate of drug-likeness (QED) is 0.510. The number of ether oxygens (including phenoxy) is 1. The summed E-state index contributed by atoms with van der Waals surface area (Å²) in [6.45, 7) is -0.185. The van der Waals surface area contributed by atoms with Gasteiger partial charge in [0.25, 0.3) is 5.56 Å². The van der Waals surface area contributed by atoms with Crippen LogP contribution in [-0.4, -0.2) is 31.6 Å². The van der Waals surface area contributed by atoms with Crippen LogP contribution in [0.15, 0.2) is 33.9 Å². The van der Waals surface area contributed by atoms with Crippen LogP contribution >= 0.6 is 11.6 Å². The summed E-state index contributed by atoms with van der Waals surface area (Å²) in [7, 11) is 4.36. The van der Waals surface area contributed by atoms with E-state index < -0.39 is 11.2 Å². The fourth-order valence-electron chi connectivity index (χ4n) is 2.60. The topological polar surface area (TPSA) is 88.1 Å². The first-order valence-corrected chi connectivity index (χ1v) is 7.72. The number of ketones is 1. The first kappa shape index (κ1) is 17.0. The molecule has 0 aliphatic rings. The molecule has 0 saturated heterocycles. The van der Waals surface area contributed by atoms with Gasteiger partial charge in [0.2, 0.25) is 5.28 Å². The number of imidazole rings is 1. The van der Waals surface area contributed by atoms with Crippen LogP contribution in [0, 0.1) is 0 Å². The van der Waals surface area contributed by atoms with E-state index >= 15 is 0 Å². The number of aromatic nitrogens is 4. The third kappa shape index (κ3) is 2.74. The van der Waals surface area contributed by atoms with Crippen molar-refractivity contribution in [2.24, 2.45) is 14.1 Å². The number of Topliss-reactive ketones (excluding diaryl/α,β-unsaturated/α-hetero) is 1. The first-order valence-electron chi connectivity index (χ1n) is 7.34. The maximum absolute atomic E-state index is 12.6. The van der Waals surface area contributed by atoms with Crippen LogP contribution in [0.3, 0.4) is 0 Å². The van der Waals surface area contributed by atoms with Gasteiger partial charge in [-0.1, -0.05) is 12.1 Å². The SMILES string of the molecule is COc1cccc(C(=O)Cn2c(Cl)nc3c2c(=O)n(C)c(=O)n3C)c1. The maximum Gasteiger partial charge on any atom is 0.332 e. The van der Waals surface area contributed by atoms with Crippen molar-refractivity contribution in [3.8, 4) is 5.75 Å². The molecular weight excluding hydrogens is 348 g/mol. The fraction of sp³-hybridized carbons (Fsp3) is 0.250. The molecule has 130 valence electrons.